The van der Waals surface area contributed by atoms with Crippen molar-refractivity contribution >= 4 is 33.3 Å². The van der Waals surface area contributed by atoms with Crippen LogP contribution in [0.25, 0.3) is 0 Å². The predicted octanol–water partition coefficient (Wildman–Crippen LogP) is 2.43. The highest BCUT2D eigenvalue weighted by molar-refractivity contribution is 7.92. The number of alkyl halides is 3. The molecular formula is C18H18F3N3O5S. The summed E-state index contributed by atoms with van der Waals surface area (Å²) in [5.74, 6) is -3.11. The summed E-state index contributed by atoms with van der Waals surface area (Å²) in [4.78, 5) is 25.4. The van der Waals surface area contributed by atoms with E-state index in [1.54, 1.807) is 30.5 Å². The third kappa shape index (κ3) is 5.92. The van der Waals surface area contributed by atoms with Gasteiger partial charge in [-0.15, -0.1) is 0 Å². The first kappa shape index (κ1) is 23.1. The van der Waals surface area contributed by atoms with Gasteiger partial charge >= 0.3 is 12.1 Å². The van der Waals surface area contributed by atoms with Gasteiger partial charge < -0.3 is 10.4 Å². The number of para-hydroxylation sites is 1. The van der Waals surface area contributed by atoms with Crippen LogP contribution in [0.2, 0.25) is 0 Å². The molecule has 1 atom stereocenters. The summed E-state index contributed by atoms with van der Waals surface area (Å²) in [7, 11) is -3.57. The molecule has 2 aromatic rings. The van der Waals surface area contributed by atoms with E-state index in [0.717, 1.165) is 11.8 Å². The van der Waals surface area contributed by atoms with Gasteiger partial charge in [0, 0.05) is 6.20 Å². The van der Waals surface area contributed by atoms with E-state index in [2.05, 4.69) is 10.3 Å². The third-order valence-corrected chi connectivity index (χ3v) is 5.20. The number of sulfonamides is 1. The lowest BCUT2D eigenvalue weighted by Gasteiger charge is -2.35. The normalized spacial score (nSPS) is 16.0. The average molecular weight is 445 g/mol. The topological polar surface area (TPSA) is 117 Å². The molecule has 1 aromatic heterocycles. The Hall–Kier alpha value is -3.15. The monoisotopic (exact) mass is 445 g/mol. The molecule has 162 valence electrons. The summed E-state index contributed by atoms with van der Waals surface area (Å²) >= 11 is 0. The summed E-state index contributed by atoms with van der Waals surface area (Å²) in [6, 6.07) is 9.93. The minimum Gasteiger partial charge on any atom is -0.475 e. The van der Waals surface area contributed by atoms with Gasteiger partial charge in [-0.2, -0.15) is 13.2 Å². The fourth-order valence-electron chi connectivity index (χ4n) is 2.82. The number of halogens is 3. The molecule has 1 aliphatic heterocycles. The highest BCUT2D eigenvalue weighted by Crippen LogP contribution is 2.33. The number of amides is 1. The number of nitrogens with one attached hydrogen (secondary N) is 1. The minimum absolute atomic E-state index is 0.349. The van der Waals surface area contributed by atoms with Crippen LogP contribution in [0.1, 0.15) is 12.0 Å². The van der Waals surface area contributed by atoms with Crippen LogP contribution in [0, 0.1) is 0 Å². The maximum atomic E-state index is 12.6. The van der Waals surface area contributed by atoms with Crippen LogP contribution in [-0.4, -0.2) is 48.9 Å². The Bertz CT molecular complexity index is 1010. The lowest BCUT2D eigenvalue weighted by atomic mass is 9.97. The van der Waals surface area contributed by atoms with Gasteiger partial charge in [0.2, 0.25) is 15.9 Å². The number of anilines is 2. The van der Waals surface area contributed by atoms with Crippen molar-refractivity contribution in [3.8, 4) is 0 Å². The van der Waals surface area contributed by atoms with E-state index < -0.39 is 28.2 Å². The van der Waals surface area contributed by atoms with Gasteiger partial charge in [0.05, 0.1) is 23.8 Å². The zero-order chi connectivity index (χ0) is 22.5. The largest absolute Gasteiger partial charge is 0.490 e. The minimum atomic E-state index is -5.08. The molecule has 3 rings (SSSR count). The molecule has 8 nitrogen and oxygen atoms in total. The molecule has 0 aliphatic carbocycles. The van der Waals surface area contributed by atoms with Gasteiger partial charge in [0.15, 0.2) is 0 Å². The van der Waals surface area contributed by atoms with Crippen LogP contribution in [0.3, 0.4) is 0 Å². The highest BCUT2D eigenvalue weighted by atomic mass is 32.2. The molecule has 1 unspecified atom stereocenters. The molecule has 0 bridgehead atoms. The van der Waals surface area contributed by atoms with Crippen molar-refractivity contribution in [2.75, 3.05) is 15.9 Å². The Balaban J connectivity index is 0.000000396. The fourth-order valence-corrected chi connectivity index (χ4v) is 4.02. The number of nitrogens with zero attached hydrogens (tertiary/aromatic N) is 2. The third-order valence-electron chi connectivity index (χ3n) is 4.03. The van der Waals surface area contributed by atoms with Crippen molar-refractivity contribution in [2.24, 2.45) is 0 Å². The van der Waals surface area contributed by atoms with Crippen LogP contribution in [-0.2, 0) is 26.0 Å². The Morgan fingerprint density at radius 2 is 1.83 bits per heavy atom. The first-order valence-corrected chi connectivity index (χ1v) is 10.3. The van der Waals surface area contributed by atoms with Gasteiger partial charge in [-0.3, -0.25) is 14.1 Å². The van der Waals surface area contributed by atoms with E-state index in [9.17, 15) is 26.4 Å². The van der Waals surface area contributed by atoms with E-state index in [1.165, 1.54) is 10.5 Å². The van der Waals surface area contributed by atoms with Gasteiger partial charge in [-0.05, 0) is 36.6 Å². The average Bonchev–Trinajstić information content (AvgIpc) is 2.66. The molecule has 0 radical (unpaired) electrons. The maximum Gasteiger partial charge on any atom is 0.490 e. The molecule has 30 heavy (non-hydrogen) atoms. The zero-order valence-electron chi connectivity index (χ0n) is 15.6. The number of pyridine rings is 1. The lowest BCUT2D eigenvalue weighted by Crippen LogP contribution is -2.49. The number of carbonyl (C=O) groups excluding carboxylic acids is 1. The van der Waals surface area contributed by atoms with E-state index in [1.807, 2.05) is 12.1 Å². The second kappa shape index (κ2) is 9.11. The number of carbonyl (C=O) groups is 2. The van der Waals surface area contributed by atoms with Crippen molar-refractivity contribution in [3.63, 3.8) is 0 Å². The van der Waals surface area contributed by atoms with Crippen LogP contribution in [0.5, 0.6) is 0 Å². The number of fused-ring (bicyclic) bond motifs is 1. The van der Waals surface area contributed by atoms with Crippen LogP contribution in [0.4, 0.5) is 24.5 Å². The van der Waals surface area contributed by atoms with Crippen molar-refractivity contribution < 1.29 is 36.3 Å². The number of aryl methyl sites for hydroxylation is 1. The molecule has 2 heterocycles. The summed E-state index contributed by atoms with van der Waals surface area (Å²) in [6.45, 7) is 0. The standard InChI is InChI=1S/C16H17N3O3S.C2HF3O2/c1-23(21,22)19-14-7-3-2-5-12(14)8-9-15(19)16(20)18-13-6-4-10-17-11-13;3-2(4,5)1(6)7/h2-7,10-11,15H,8-9H2,1H3,(H,18,20);(H,6,7). The Morgan fingerprint density at radius 1 is 1.20 bits per heavy atom. The smallest absolute Gasteiger partial charge is 0.475 e. The second-order valence-corrected chi connectivity index (χ2v) is 8.14. The first-order chi connectivity index (χ1) is 13.9. The molecule has 0 saturated heterocycles. The Labute approximate surface area is 170 Å². The quantitative estimate of drug-likeness (QED) is 0.750. The number of aliphatic carboxylic acids is 1. The van der Waals surface area contributed by atoms with E-state index >= 15 is 0 Å². The summed E-state index contributed by atoms with van der Waals surface area (Å²) in [5.41, 5.74) is 2.06. The SMILES string of the molecule is CS(=O)(=O)N1c2ccccc2CCC1C(=O)Nc1cccnc1.O=C(O)C(F)(F)F. The summed E-state index contributed by atoms with van der Waals surface area (Å²) < 4.78 is 57.5. The molecule has 1 aromatic carbocycles. The van der Waals surface area contributed by atoms with Gasteiger partial charge in [-0.1, -0.05) is 18.2 Å². The Morgan fingerprint density at radius 3 is 2.37 bits per heavy atom. The van der Waals surface area contributed by atoms with Gasteiger partial charge in [0.25, 0.3) is 0 Å². The van der Waals surface area contributed by atoms with E-state index in [-0.39, 0.29) is 5.91 Å². The van der Waals surface area contributed by atoms with Crippen molar-refractivity contribution in [2.45, 2.75) is 25.1 Å². The second-order valence-electron chi connectivity index (χ2n) is 6.28. The van der Waals surface area contributed by atoms with Crippen molar-refractivity contribution in [1.82, 2.24) is 4.98 Å². The number of carboxylic acids is 1. The molecule has 1 amide bonds. The van der Waals surface area contributed by atoms with Crippen LogP contribution >= 0.6 is 0 Å². The van der Waals surface area contributed by atoms with E-state index in [0.29, 0.717) is 24.2 Å². The van der Waals surface area contributed by atoms with Gasteiger partial charge in [0.1, 0.15) is 6.04 Å². The maximum absolute atomic E-state index is 12.6. The number of carboxylic acid groups (broad SMARTS) is 1. The fraction of sp³-hybridized carbons (Fsp3) is 0.278. The number of aromatic nitrogens is 1. The van der Waals surface area contributed by atoms with Gasteiger partial charge in [-0.25, -0.2) is 13.2 Å². The predicted molar refractivity (Wildman–Crippen MR) is 102 cm³/mol. The molecule has 0 fully saturated rings. The first-order valence-electron chi connectivity index (χ1n) is 8.49. The number of rotatable bonds is 3. The lowest BCUT2D eigenvalue weighted by molar-refractivity contribution is -0.192. The van der Waals surface area contributed by atoms with E-state index in [4.69, 9.17) is 9.90 Å². The molecule has 2 N–H and O–H groups in total. The zero-order valence-corrected chi connectivity index (χ0v) is 16.4. The Kier molecular flexibility index (Phi) is 7.03. The van der Waals surface area contributed by atoms with Crippen molar-refractivity contribution in [3.05, 3.63) is 54.4 Å². The molecule has 1 aliphatic rings. The number of benzene rings is 1. The summed E-state index contributed by atoms with van der Waals surface area (Å²) in [6.07, 6.45) is 0.276. The molecular weight excluding hydrogens is 427 g/mol. The number of hydrogen-bond acceptors (Lipinski definition) is 5. The molecule has 12 heteroatoms. The number of hydrogen-bond donors (Lipinski definition) is 2. The summed E-state index contributed by atoms with van der Waals surface area (Å²) in [5, 5.41) is 9.86. The highest BCUT2D eigenvalue weighted by Gasteiger charge is 2.38. The van der Waals surface area contributed by atoms with Crippen LogP contribution in [0.15, 0.2) is 48.8 Å². The molecule has 0 saturated carbocycles. The van der Waals surface area contributed by atoms with Crippen LogP contribution < -0.4 is 9.62 Å². The molecule has 0 spiro atoms. The van der Waals surface area contributed by atoms with Crippen molar-refractivity contribution in [1.29, 1.82) is 0 Å².